The molecule has 108 valence electrons. The molecule has 0 saturated heterocycles. The molecule has 1 aromatic carbocycles. The average molecular weight is 296 g/mol. The first-order valence-electron chi connectivity index (χ1n) is 7.00. The summed E-state index contributed by atoms with van der Waals surface area (Å²) < 4.78 is 0. The lowest BCUT2D eigenvalue weighted by Crippen LogP contribution is -2.10. The Labute approximate surface area is 131 Å². The summed E-state index contributed by atoms with van der Waals surface area (Å²) in [6, 6.07) is 14.6. The standard InChI is InChI=1S/C18H20N2S/c1-13-5-8-15(11-19)17(20-13)21-12-14-6-9-16(10-7-14)18(2,3)4/h5-10H,12H2,1-4H3. The lowest BCUT2D eigenvalue weighted by atomic mass is 9.87. The number of hydrogen-bond donors (Lipinski definition) is 0. The van der Waals surface area contributed by atoms with Crippen molar-refractivity contribution >= 4 is 11.8 Å². The largest absolute Gasteiger partial charge is 0.245 e. The van der Waals surface area contributed by atoms with Crippen LogP contribution in [0.5, 0.6) is 0 Å². The van der Waals surface area contributed by atoms with Crippen molar-refractivity contribution in [2.45, 2.75) is 43.9 Å². The second-order valence-corrected chi connectivity index (χ2v) is 7.12. The summed E-state index contributed by atoms with van der Waals surface area (Å²) in [5.41, 5.74) is 4.36. The van der Waals surface area contributed by atoms with Gasteiger partial charge in [-0.15, -0.1) is 11.8 Å². The molecule has 21 heavy (non-hydrogen) atoms. The summed E-state index contributed by atoms with van der Waals surface area (Å²) in [6.07, 6.45) is 0. The van der Waals surface area contributed by atoms with E-state index in [-0.39, 0.29) is 5.41 Å². The van der Waals surface area contributed by atoms with Crippen molar-refractivity contribution < 1.29 is 0 Å². The zero-order valence-electron chi connectivity index (χ0n) is 13.0. The van der Waals surface area contributed by atoms with Crippen molar-refractivity contribution in [3.63, 3.8) is 0 Å². The maximum atomic E-state index is 9.13. The molecule has 0 spiro atoms. The lowest BCUT2D eigenvalue weighted by Gasteiger charge is -2.19. The average Bonchev–Trinajstić information content (AvgIpc) is 2.45. The summed E-state index contributed by atoms with van der Waals surface area (Å²) in [5, 5.41) is 9.95. The first-order chi connectivity index (χ1) is 9.90. The summed E-state index contributed by atoms with van der Waals surface area (Å²) in [5.74, 6) is 0.829. The van der Waals surface area contributed by atoms with Crippen molar-refractivity contribution in [3.05, 3.63) is 58.8 Å². The molecule has 0 fully saturated rings. The maximum absolute atomic E-state index is 9.13. The van der Waals surface area contributed by atoms with Crippen LogP contribution in [-0.4, -0.2) is 4.98 Å². The van der Waals surface area contributed by atoms with Crippen LogP contribution >= 0.6 is 11.8 Å². The molecule has 0 N–H and O–H groups in total. The van der Waals surface area contributed by atoms with Gasteiger partial charge in [-0.25, -0.2) is 4.98 Å². The highest BCUT2D eigenvalue weighted by atomic mass is 32.2. The van der Waals surface area contributed by atoms with Crippen LogP contribution in [0.1, 0.15) is 43.2 Å². The molecule has 0 aliphatic carbocycles. The van der Waals surface area contributed by atoms with E-state index in [2.05, 4.69) is 56.1 Å². The van der Waals surface area contributed by atoms with Gasteiger partial charge in [0.05, 0.1) is 5.56 Å². The Morgan fingerprint density at radius 3 is 2.33 bits per heavy atom. The molecule has 2 aromatic rings. The summed E-state index contributed by atoms with van der Waals surface area (Å²) in [6.45, 7) is 8.59. The third-order valence-electron chi connectivity index (χ3n) is 3.32. The van der Waals surface area contributed by atoms with E-state index in [1.54, 1.807) is 11.8 Å². The third kappa shape index (κ3) is 4.09. The van der Waals surface area contributed by atoms with E-state index >= 15 is 0 Å². The topological polar surface area (TPSA) is 36.7 Å². The molecule has 0 aliphatic rings. The predicted molar refractivity (Wildman–Crippen MR) is 88.4 cm³/mol. The van der Waals surface area contributed by atoms with Crippen LogP contribution in [0.4, 0.5) is 0 Å². The van der Waals surface area contributed by atoms with Gasteiger partial charge in [-0.1, -0.05) is 45.0 Å². The van der Waals surface area contributed by atoms with E-state index in [1.165, 1.54) is 11.1 Å². The van der Waals surface area contributed by atoms with Crippen LogP contribution < -0.4 is 0 Å². The van der Waals surface area contributed by atoms with Crippen LogP contribution in [0.2, 0.25) is 0 Å². The van der Waals surface area contributed by atoms with Crippen LogP contribution in [0.15, 0.2) is 41.4 Å². The fraction of sp³-hybridized carbons (Fsp3) is 0.333. The molecule has 0 unspecified atom stereocenters. The Kier molecular flexibility index (Phi) is 4.69. The Bertz CT molecular complexity index is 661. The van der Waals surface area contributed by atoms with Gasteiger partial charge < -0.3 is 0 Å². The van der Waals surface area contributed by atoms with Gasteiger partial charge >= 0.3 is 0 Å². The zero-order valence-corrected chi connectivity index (χ0v) is 13.8. The van der Waals surface area contributed by atoms with Crippen LogP contribution in [0.25, 0.3) is 0 Å². The fourth-order valence-corrected chi connectivity index (χ4v) is 2.95. The van der Waals surface area contributed by atoms with Gasteiger partial charge in [0.25, 0.3) is 0 Å². The van der Waals surface area contributed by atoms with E-state index in [1.807, 2.05) is 19.1 Å². The number of benzene rings is 1. The smallest absolute Gasteiger partial charge is 0.114 e. The Morgan fingerprint density at radius 2 is 1.76 bits per heavy atom. The van der Waals surface area contributed by atoms with E-state index in [0.717, 1.165) is 16.5 Å². The van der Waals surface area contributed by atoms with Crippen molar-refractivity contribution in [1.82, 2.24) is 4.98 Å². The summed E-state index contributed by atoms with van der Waals surface area (Å²) in [4.78, 5) is 4.46. The zero-order chi connectivity index (χ0) is 15.5. The highest BCUT2D eigenvalue weighted by Gasteiger charge is 2.13. The molecule has 0 saturated carbocycles. The van der Waals surface area contributed by atoms with Crippen molar-refractivity contribution in [2.75, 3.05) is 0 Å². The molecular formula is C18H20N2S. The van der Waals surface area contributed by atoms with Crippen molar-refractivity contribution in [3.8, 4) is 6.07 Å². The molecular weight excluding hydrogens is 276 g/mol. The van der Waals surface area contributed by atoms with Crippen LogP contribution in [0, 0.1) is 18.3 Å². The number of aromatic nitrogens is 1. The second-order valence-electron chi connectivity index (χ2n) is 6.15. The third-order valence-corrected chi connectivity index (χ3v) is 4.38. The Balaban J connectivity index is 2.10. The Morgan fingerprint density at radius 1 is 1.10 bits per heavy atom. The fourth-order valence-electron chi connectivity index (χ4n) is 1.98. The van der Waals surface area contributed by atoms with Gasteiger partial charge in [0.2, 0.25) is 0 Å². The highest BCUT2D eigenvalue weighted by molar-refractivity contribution is 7.98. The normalized spacial score (nSPS) is 11.2. The molecule has 0 bridgehead atoms. The maximum Gasteiger partial charge on any atom is 0.114 e. The minimum absolute atomic E-state index is 0.178. The number of rotatable bonds is 3. The molecule has 2 rings (SSSR count). The van der Waals surface area contributed by atoms with E-state index in [9.17, 15) is 0 Å². The minimum atomic E-state index is 0.178. The van der Waals surface area contributed by atoms with Gasteiger partial charge in [-0.05, 0) is 35.6 Å². The monoisotopic (exact) mass is 296 g/mol. The lowest BCUT2D eigenvalue weighted by molar-refractivity contribution is 0.590. The van der Waals surface area contributed by atoms with Crippen molar-refractivity contribution in [2.24, 2.45) is 0 Å². The predicted octanol–water partition coefficient (Wildman–Crippen LogP) is 4.85. The number of thioether (sulfide) groups is 1. The molecule has 1 aromatic heterocycles. The second kappa shape index (κ2) is 6.32. The van der Waals surface area contributed by atoms with Gasteiger partial charge in [0.1, 0.15) is 11.1 Å². The highest BCUT2D eigenvalue weighted by Crippen LogP contribution is 2.27. The molecule has 2 nitrogen and oxygen atoms in total. The molecule has 0 aliphatic heterocycles. The van der Waals surface area contributed by atoms with Crippen LogP contribution in [-0.2, 0) is 11.2 Å². The number of nitrogens with zero attached hydrogens (tertiary/aromatic N) is 2. The number of aryl methyl sites for hydroxylation is 1. The van der Waals surface area contributed by atoms with Crippen LogP contribution in [0.3, 0.4) is 0 Å². The molecule has 1 heterocycles. The van der Waals surface area contributed by atoms with Gasteiger partial charge in [0, 0.05) is 11.4 Å². The first-order valence-corrected chi connectivity index (χ1v) is 7.98. The SMILES string of the molecule is Cc1ccc(C#N)c(SCc2ccc(C(C)(C)C)cc2)n1. The molecule has 0 radical (unpaired) electrons. The summed E-state index contributed by atoms with van der Waals surface area (Å²) in [7, 11) is 0. The van der Waals surface area contributed by atoms with E-state index in [0.29, 0.717) is 5.56 Å². The number of nitriles is 1. The van der Waals surface area contributed by atoms with Crippen molar-refractivity contribution in [1.29, 1.82) is 5.26 Å². The Hall–Kier alpha value is -1.79. The van der Waals surface area contributed by atoms with Gasteiger partial charge in [-0.3, -0.25) is 0 Å². The van der Waals surface area contributed by atoms with E-state index in [4.69, 9.17) is 5.26 Å². The molecule has 0 atom stereocenters. The van der Waals surface area contributed by atoms with Gasteiger partial charge in [0.15, 0.2) is 0 Å². The minimum Gasteiger partial charge on any atom is -0.245 e. The quantitative estimate of drug-likeness (QED) is 0.760. The molecule has 3 heteroatoms. The van der Waals surface area contributed by atoms with E-state index < -0.39 is 0 Å². The summed E-state index contributed by atoms with van der Waals surface area (Å²) >= 11 is 1.62. The molecule has 0 amide bonds. The first kappa shape index (κ1) is 15.6. The van der Waals surface area contributed by atoms with Gasteiger partial charge in [-0.2, -0.15) is 5.26 Å². The number of pyridine rings is 1. The number of hydrogen-bond acceptors (Lipinski definition) is 3.